The van der Waals surface area contributed by atoms with Crippen LogP contribution in [0.3, 0.4) is 0 Å². The maximum absolute atomic E-state index is 12.7. The second-order valence-electron chi connectivity index (χ2n) is 11.7. The molecule has 3 saturated heterocycles. The van der Waals surface area contributed by atoms with Gasteiger partial charge in [0.15, 0.2) is 5.82 Å². The van der Waals surface area contributed by atoms with Gasteiger partial charge >= 0.3 is 0 Å². The summed E-state index contributed by atoms with van der Waals surface area (Å²) in [5, 5.41) is 14.5. The van der Waals surface area contributed by atoms with E-state index in [2.05, 4.69) is 85.3 Å². The number of amides is 1. The van der Waals surface area contributed by atoms with Gasteiger partial charge in [-0.3, -0.25) is 19.8 Å². The van der Waals surface area contributed by atoms with Gasteiger partial charge < -0.3 is 10.6 Å². The first-order valence-electron chi connectivity index (χ1n) is 14.9. The van der Waals surface area contributed by atoms with Gasteiger partial charge in [-0.2, -0.15) is 5.10 Å². The summed E-state index contributed by atoms with van der Waals surface area (Å²) in [7, 11) is 0. The molecule has 3 N–H and O–H groups in total. The van der Waals surface area contributed by atoms with Crippen molar-refractivity contribution in [2.45, 2.75) is 56.1 Å². The van der Waals surface area contributed by atoms with E-state index < -0.39 is 0 Å². The average Bonchev–Trinajstić information content (AvgIpc) is 3.53. The molecule has 1 amide bonds. The molecule has 0 spiro atoms. The van der Waals surface area contributed by atoms with E-state index in [1.165, 1.54) is 16.7 Å². The number of piperidine rings is 3. The van der Waals surface area contributed by atoms with Crippen LogP contribution in [-0.2, 0) is 11.3 Å². The van der Waals surface area contributed by atoms with Gasteiger partial charge in [0, 0.05) is 43.2 Å². The van der Waals surface area contributed by atoms with Crippen molar-refractivity contribution < 1.29 is 4.79 Å². The first-order chi connectivity index (χ1) is 20.2. The topological polar surface area (TPSA) is 98.8 Å². The van der Waals surface area contributed by atoms with Crippen molar-refractivity contribution in [2.75, 3.05) is 19.6 Å². The number of hydrogen-bond acceptors (Lipinski definition) is 6. The molecule has 8 nitrogen and oxygen atoms in total. The molecule has 3 aliphatic rings. The zero-order valence-corrected chi connectivity index (χ0v) is 24.5. The lowest BCUT2D eigenvalue weighted by Gasteiger charge is -2.44. The number of carbonyl (C=O) groups excluding carboxylic acids is 1. The number of rotatable bonds is 6. The lowest BCUT2D eigenvalue weighted by molar-refractivity contribution is -0.129. The Hall–Kier alpha value is -3.59. The fourth-order valence-electron chi connectivity index (χ4n) is 6.97. The zero-order valence-electron chi connectivity index (χ0n) is 23.7. The van der Waals surface area contributed by atoms with Crippen LogP contribution in [0.4, 0.5) is 0 Å². The molecule has 4 atom stereocenters. The molecule has 3 aliphatic heterocycles. The molecule has 5 heterocycles. The lowest BCUT2D eigenvalue weighted by Crippen LogP contribution is -2.56. The lowest BCUT2D eigenvalue weighted by atomic mass is 9.72. The van der Waals surface area contributed by atoms with Crippen molar-refractivity contribution in [3.63, 3.8) is 0 Å². The van der Waals surface area contributed by atoms with Crippen LogP contribution < -0.4 is 10.6 Å². The van der Waals surface area contributed by atoms with E-state index >= 15 is 0 Å². The highest BCUT2D eigenvalue weighted by molar-refractivity contribution is 5.85. The van der Waals surface area contributed by atoms with E-state index in [1.807, 2.05) is 18.2 Å². The molecular formula is C33H38ClN7O. The van der Waals surface area contributed by atoms with Crippen LogP contribution in [0.1, 0.15) is 66.1 Å². The van der Waals surface area contributed by atoms with E-state index in [-0.39, 0.29) is 42.2 Å². The summed E-state index contributed by atoms with van der Waals surface area (Å²) in [6.45, 7) is 3.79. The summed E-state index contributed by atoms with van der Waals surface area (Å²) in [6, 6.07) is 26.1. The van der Waals surface area contributed by atoms with Crippen molar-refractivity contribution >= 4 is 18.3 Å². The van der Waals surface area contributed by atoms with E-state index in [1.54, 1.807) is 6.20 Å². The summed E-state index contributed by atoms with van der Waals surface area (Å²) in [5.41, 5.74) is 4.75. The molecule has 0 radical (unpaired) electrons. The third-order valence-corrected chi connectivity index (χ3v) is 9.22. The Labute approximate surface area is 253 Å². The molecule has 4 unspecified atom stereocenters. The largest absolute Gasteiger partial charge is 0.356 e. The number of benzene rings is 2. The second-order valence-corrected chi connectivity index (χ2v) is 11.7. The van der Waals surface area contributed by atoms with Gasteiger partial charge in [-0.25, -0.2) is 4.98 Å². The number of H-pyrrole nitrogens is 1. The molecule has 2 aromatic carbocycles. The zero-order chi connectivity index (χ0) is 27.6. The quantitative estimate of drug-likeness (QED) is 0.296. The number of nitrogens with zero attached hydrogens (tertiary/aromatic N) is 4. The van der Waals surface area contributed by atoms with E-state index in [4.69, 9.17) is 4.98 Å². The molecule has 2 aromatic heterocycles. The van der Waals surface area contributed by atoms with Gasteiger partial charge in [-0.15, -0.1) is 12.4 Å². The minimum atomic E-state index is 0. The number of aromatic amines is 1. The summed E-state index contributed by atoms with van der Waals surface area (Å²) in [5.74, 6) is 2.54. The van der Waals surface area contributed by atoms with Crippen LogP contribution in [0.5, 0.6) is 0 Å². The minimum Gasteiger partial charge on any atom is -0.356 e. The summed E-state index contributed by atoms with van der Waals surface area (Å²) < 4.78 is 0. The minimum absolute atomic E-state index is 0. The smallest absolute Gasteiger partial charge is 0.224 e. The average molecular weight is 584 g/mol. The van der Waals surface area contributed by atoms with Crippen molar-refractivity contribution in [1.82, 2.24) is 35.7 Å². The number of carbonyl (C=O) groups is 1. The number of likely N-dealkylation sites (tertiary alicyclic amines) is 1. The highest BCUT2D eigenvalue weighted by Gasteiger charge is 2.42. The van der Waals surface area contributed by atoms with E-state index in [0.29, 0.717) is 11.7 Å². The van der Waals surface area contributed by atoms with Gasteiger partial charge in [0.2, 0.25) is 5.91 Å². The highest BCUT2D eigenvalue weighted by atomic mass is 35.5. The van der Waals surface area contributed by atoms with Crippen LogP contribution in [0.2, 0.25) is 0 Å². The predicted molar refractivity (Wildman–Crippen MR) is 165 cm³/mol. The summed E-state index contributed by atoms with van der Waals surface area (Å²) in [4.78, 5) is 24.3. The molecule has 9 heteroatoms. The van der Waals surface area contributed by atoms with Crippen molar-refractivity contribution in [1.29, 1.82) is 0 Å². The van der Waals surface area contributed by atoms with Crippen LogP contribution >= 0.6 is 12.4 Å². The van der Waals surface area contributed by atoms with Gasteiger partial charge in [-0.1, -0.05) is 60.7 Å². The molecule has 0 aliphatic carbocycles. The molecule has 7 rings (SSSR count). The van der Waals surface area contributed by atoms with Crippen LogP contribution in [0, 0.1) is 5.92 Å². The summed E-state index contributed by atoms with van der Waals surface area (Å²) >= 11 is 0. The maximum Gasteiger partial charge on any atom is 0.224 e. The number of halogens is 1. The Balaban J connectivity index is 0.00000316. The first kappa shape index (κ1) is 28.5. The summed E-state index contributed by atoms with van der Waals surface area (Å²) in [6.07, 6.45) is 5.77. The monoisotopic (exact) mass is 583 g/mol. The SMILES string of the molecule is Cl.O=C1NCCC2NC(c3ccc(CN4CCC(c5nc(-c6ccccn6)n[nH]5)CC4)cc3)C(c3ccccc3)CC12. The van der Waals surface area contributed by atoms with Crippen molar-refractivity contribution in [2.24, 2.45) is 5.92 Å². The molecular weight excluding hydrogens is 546 g/mol. The van der Waals surface area contributed by atoms with Crippen LogP contribution in [0.25, 0.3) is 11.5 Å². The Morgan fingerprint density at radius 1 is 0.857 bits per heavy atom. The molecule has 218 valence electrons. The van der Waals surface area contributed by atoms with Gasteiger partial charge in [0.05, 0.1) is 5.92 Å². The van der Waals surface area contributed by atoms with E-state index in [9.17, 15) is 4.79 Å². The van der Waals surface area contributed by atoms with Crippen molar-refractivity contribution in [3.8, 4) is 11.5 Å². The molecule has 3 fully saturated rings. The third kappa shape index (κ3) is 5.98. The standard InChI is InChI=1S/C33H37N7O.ClH/c41-33-27-20-26(23-6-2-1-3-7-23)30(36-28(27)13-17-35-33)24-11-9-22(10-12-24)21-40-18-14-25(15-19-40)31-37-32(39-38-31)29-8-4-5-16-34-29;/h1-12,16,25-28,30,36H,13-15,17-21H2,(H,35,41)(H,37,38,39);1H. The highest BCUT2D eigenvalue weighted by Crippen LogP contribution is 2.42. The Bertz CT molecular complexity index is 1450. The number of nitrogens with one attached hydrogen (secondary N) is 3. The third-order valence-electron chi connectivity index (χ3n) is 9.22. The number of pyridine rings is 1. The van der Waals surface area contributed by atoms with E-state index in [0.717, 1.165) is 63.4 Å². The van der Waals surface area contributed by atoms with Gasteiger partial charge in [0.25, 0.3) is 0 Å². The molecule has 4 aromatic rings. The molecule has 0 bridgehead atoms. The maximum atomic E-state index is 12.7. The Kier molecular flexibility index (Phi) is 8.65. The van der Waals surface area contributed by atoms with Gasteiger partial charge in [-0.05, 0) is 67.6 Å². The predicted octanol–water partition coefficient (Wildman–Crippen LogP) is 4.99. The fraction of sp³-hybridized carbons (Fsp3) is 0.394. The normalized spacial score (nSPS) is 24.8. The van der Waals surface area contributed by atoms with Crippen LogP contribution in [0.15, 0.2) is 79.0 Å². The molecule has 0 saturated carbocycles. The number of fused-ring (bicyclic) bond motifs is 1. The Morgan fingerprint density at radius 3 is 2.40 bits per heavy atom. The first-order valence-corrected chi connectivity index (χ1v) is 14.9. The van der Waals surface area contributed by atoms with Crippen molar-refractivity contribution in [3.05, 3.63) is 102 Å². The van der Waals surface area contributed by atoms with Crippen LogP contribution in [-0.4, -0.2) is 56.6 Å². The number of hydrogen-bond donors (Lipinski definition) is 3. The fourth-order valence-corrected chi connectivity index (χ4v) is 6.97. The molecule has 42 heavy (non-hydrogen) atoms. The number of aromatic nitrogens is 4. The van der Waals surface area contributed by atoms with Gasteiger partial charge in [0.1, 0.15) is 11.5 Å². The second kappa shape index (κ2) is 12.7. The Morgan fingerprint density at radius 2 is 1.64 bits per heavy atom.